The summed E-state index contributed by atoms with van der Waals surface area (Å²) in [5.41, 5.74) is 3.76. The lowest BCUT2D eigenvalue weighted by Crippen LogP contribution is -2.15. The van der Waals surface area contributed by atoms with Gasteiger partial charge in [-0.2, -0.15) is 10.2 Å². The smallest absolute Gasteiger partial charge is 0.179 e. The second-order valence-corrected chi connectivity index (χ2v) is 7.17. The molecule has 0 saturated heterocycles. The van der Waals surface area contributed by atoms with E-state index in [2.05, 4.69) is 9.67 Å². The maximum atomic E-state index is 5.20. The minimum absolute atomic E-state index is 0.406. The van der Waals surface area contributed by atoms with Crippen LogP contribution in [0.5, 0.6) is 0 Å². The van der Waals surface area contributed by atoms with Crippen LogP contribution in [0.2, 0.25) is 0 Å². The molecule has 0 spiro atoms. The Kier molecular flexibility index (Phi) is 4.72. The van der Waals surface area contributed by atoms with Crippen molar-refractivity contribution >= 4 is 5.65 Å². The number of rotatable bonds is 5. The lowest BCUT2D eigenvalue weighted by atomic mass is 9.95. The summed E-state index contributed by atoms with van der Waals surface area (Å²) in [6, 6.07) is 4.46. The number of hydrogen-bond acceptors (Lipinski definition) is 5. The number of aromatic nitrogens is 6. The van der Waals surface area contributed by atoms with E-state index in [1.165, 1.54) is 19.3 Å². The van der Waals surface area contributed by atoms with E-state index < -0.39 is 0 Å². The highest BCUT2D eigenvalue weighted by Gasteiger charge is 2.23. The van der Waals surface area contributed by atoms with E-state index in [1.807, 2.05) is 30.5 Å². The quantitative estimate of drug-likeness (QED) is 0.703. The molecule has 3 aromatic heterocycles. The number of methoxy groups -OCH3 is 1. The molecule has 1 aliphatic rings. The molecule has 7 nitrogen and oxygen atoms in total. The van der Waals surface area contributed by atoms with Gasteiger partial charge >= 0.3 is 0 Å². The molecule has 1 aliphatic carbocycles. The maximum Gasteiger partial charge on any atom is 0.179 e. The van der Waals surface area contributed by atoms with Gasteiger partial charge in [0.1, 0.15) is 5.69 Å². The summed E-state index contributed by atoms with van der Waals surface area (Å²) in [7, 11) is 1.71. The summed E-state index contributed by atoms with van der Waals surface area (Å²) >= 11 is 0. The van der Waals surface area contributed by atoms with Gasteiger partial charge in [0.15, 0.2) is 17.3 Å². The third kappa shape index (κ3) is 3.23. The Balaban J connectivity index is 1.78. The van der Waals surface area contributed by atoms with E-state index in [4.69, 9.17) is 19.9 Å². The molecule has 4 rings (SSSR count). The predicted molar refractivity (Wildman–Crippen MR) is 99.2 cm³/mol. The van der Waals surface area contributed by atoms with E-state index in [-0.39, 0.29) is 0 Å². The van der Waals surface area contributed by atoms with Gasteiger partial charge in [-0.3, -0.25) is 0 Å². The van der Waals surface area contributed by atoms with Crippen molar-refractivity contribution in [1.29, 1.82) is 0 Å². The molecule has 0 aromatic carbocycles. The highest BCUT2D eigenvalue weighted by molar-refractivity contribution is 5.58. The topological polar surface area (TPSA) is 70.1 Å². The van der Waals surface area contributed by atoms with Gasteiger partial charge in [-0.1, -0.05) is 19.3 Å². The lowest BCUT2D eigenvalue weighted by molar-refractivity contribution is 0.200. The van der Waals surface area contributed by atoms with Crippen molar-refractivity contribution in [3.8, 4) is 11.5 Å². The minimum Gasteiger partial charge on any atom is -0.384 e. The second-order valence-electron chi connectivity index (χ2n) is 7.17. The average molecular weight is 354 g/mol. The van der Waals surface area contributed by atoms with E-state index >= 15 is 0 Å². The molecular formula is C19H26N6O. The Morgan fingerprint density at radius 1 is 1.08 bits per heavy atom. The van der Waals surface area contributed by atoms with Crippen LogP contribution in [-0.4, -0.2) is 43.1 Å². The highest BCUT2D eigenvalue weighted by atomic mass is 16.5. The molecule has 0 bridgehead atoms. The molecule has 3 aromatic rings. The predicted octanol–water partition coefficient (Wildman–Crippen LogP) is 3.30. The monoisotopic (exact) mass is 354 g/mol. The molecular weight excluding hydrogens is 328 g/mol. The van der Waals surface area contributed by atoms with Crippen molar-refractivity contribution in [2.45, 2.75) is 58.4 Å². The van der Waals surface area contributed by atoms with Crippen LogP contribution < -0.4 is 0 Å². The molecule has 3 heterocycles. The fourth-order valence-corrected chi connectivity index (χ4v) is 3.82. The summed E-state index contributed by atoms with van der Waals surface area (Å²) < 4.78 is 9.20. The number of fused-ring (bicyclic) bond motifs is 1. The van der Waals surface area contributed by atoms with Crippen molar-refractivity contribution in [3.05, 3.63) is 29.3 Å². The first-order chi connectivity index (χ1) is 12.7. The lowest BCUT2D eigenvalue weighted by Gasteiger charge is -2.22. The van der Waals surface area contributed by atoms with Gasteiger partial charge in [-0.05, 0) is 32.8 Å². The molecule has 1 saturated carbocycles. The summed E-state index contributed by atoms with van der Waals surface area (Å²) in [5, 5.41) is 9.59. The average Bonchev–Trinajstić information content (AvgIpc) is 3.24. The summed E-state index contributed by atoms with van der Waals surface area (Å²) in [5.74, 6) is 1.68. The molecule has 7 heteroatoms. The normalized spacial score (nSPS) is 15.8. The first kappa shape index (κ1) is 17.1. The second kappa shape index (κ2) is 7.15. The van der Waals surface area contributed by atoms with Gasteiger partial charge in [0.25, 0.3) is 0 Å². The molecule has 138 valence electrons. The van der Waals surface area contributed by atoms with Crippen LogP contribution >= 0.6 is 0 Å². The van der Waals surface area contributed by atoms with E-state index in [0.717, 1.165) is 47.2 Å². The summed E-state index contributed by atoms with van der Waals surface area (Å²) in [6.45, 7) is 4.68. The van der Waals surface area contributed by atoms with Gasteiger partial charge in [-0.15, -0.1) is 0 Å². The molecule has 26 heavy (non-hydrogen) atoms. The van der Waals surface area contributed by atoms with Crippen LogP contribution in [-0.2, 0) is 11.2 Å². The van der Waals surface area contributed by atoms with Gasteiger partial charge in [-0.25, -0.2) is 19.2 Å². The molecule has 0 aliphatic heterocycles. The molecule has 0 unspecified atom stereocenters. The molecule has 1 fully saturated rings. The molecule has 0 atom stereocenters. The Morgan fingerprint density at radius 3 is 2.65 bits per heavy atom. The fourth-order valence-electron chi connectivity index (χ4n) is 3.82. The van der Waals surface area contributed by atoms with Gasteiger partial charge in [0.05, 0.1) is 12.6 Å². The van der Waals surface area contributed by atoms with E-state index in [9.17, 15) is 0 Å². The van der Waals surface area contributed by atoms with Crippen molar-refractivity contribution in [3.63, 3.8) is 0 Å². The largest absolute Gasteiger partial charge is 0.384 e. The zero-order valence-corrected chi connectivity index (χ0v) is 15.8. The van der Waals surface area contributed by atoms with Crippen LogP contribution in [0.25, 0.3) is 17.2 Å². The van der Waals surface area contributed by atoms with Crippen molar-refractivity contribution in [1.82, 2.24) is 29.4 Å². The number of ether oxygens (including phenoxy) is 1. The van der Waals surface area contributed by atoms with Crippen LogP contribution in [0.1, 0.15) is 55.4 Å². The zero-order valence-electron chi connectivity index (χ0n) is 15.8. The van der Waals surface area contributed by atoms with Gasteiger partial charge < -0.3 is 4.74 Å². The third-order valence-corrected chi connectivity index (χ3v) is 5.09. The minimum atomic E-state index is 0.406. The highest BCUT2D eigenvalue weighted by Crippen LogP contribution is 2.31. The standard InChI is InChI=1S/C19H26N6O/c1-13-11-14(2)24-18(20-13)12-16(22-24)19-21-17(9-10-26-3)23-25(19)15-7-5-4-6-8-15/h11-12,15H,4-10H2,1-3H3. The molecule has 0 radical (unpaired) electrons. The Morgan fingerprint density at radius 2 is 1.88 bits per heavy atom. The summed E-state index contributed by atoms with van der Waals surface area (Å²) in [4.78, 5) is 9.41. The number of nitrogens with zero attached hydrogens (tertiary/aromatic N) is 6. The molecule has 0 amide bonds. The van der Waals surface area contributed by atoms with Crippen LogP contribution in [0.15, 0.2) is 12.1 Å². The first-order valence-electron chi connectivity index (χ1n) is 9.44. The van der Waals surface area contributed by atoms with Crippen LogP contribution in [0, 0.1) is 13.8 Å². The van der Waals surface area contributed by atoms with Crippen molar-refractivity contribution < 1.29 is 4.74 Å². The van der Waals surface area contributed by atoms with Gasteiger partial charge in [0, 0.05) is 31.0 Å². The third-order valence-electron chi connectivity index (χ3n) is 5.09. The van der Waals surface area contributed by atoms with Crippen LogP contribution in [0.3, 0.4) is 0 Å². The number of aryl methyl sites for hydroxylation is 2. The summed E-state index contributed by atoms with van der Waals surface area (Å²) in [6.07, 6.45) is 6.85. The van der Waals surface area contributed by atoms with Crippen molar-refractivity contribution in [2.24, 2.45) is 0 Å². The Bertz CT molecular complexity index is 906. The SMILES string of the molecule is COCCc1nc(-c2cc3nc(C)cc(C)n3n2)n(C2CCCCC2)n1. The first-order valence-corrected chi connectivity index (χ1v) is 9.44. The Hall–Kier alpha value is -2.28. The number of hydrogen-bond donors (Lipinski definition) is 0. The molecule has 0 N–H and O–H groups in total. The maximum absolute atomic E-state index is 5.20. The fraction of sp³-hybridized carbons (Fsp3) is 0.579. The van der Waals surface area contributed by atoms with Crippen molar-refractivity contribution in [2.75, 3.05) is 13.7 Å². The Labute approximate surface area is 153 Å². The van der Waals surface area contributed by atoms with E-state index in [0.29, 0.717) is 19.1 Å². The van der Waals surface area contributed by atoms with Crippen LogP contribution in [0.4, 0.5) is 0 Å². The van der Waals surface area contributed by atoms with Gasteiger partial charge in [0.2, 0.25) is 0 Å². The van der Waals surface area contributed by atoms with E-state index in [1.54, 1.807) is 7.11 Å². The zero-order chi connectivity index (χ0) is 18.1.